The summed E-state index contributed by atoms with van der Waals surface area (Å²) < 4.78 is 5.42. The second-order valence-corrected chi connectivity index (χ2v) is 8.41. The van der Waals surface area contributed by atoms with Crippen molar-refractivity contribution in [3.05, 3.63) is 29.6 Å². The minimum absolute atomic E-state index is 0.0108. The molecule has 0 aliphatic carbocycles. The van der Waals surface area contributed by atoms with Gasteiger partial charge in [-0.2, -0.15) is 0 Å². The second kappa shape index (κ2) is 10.6. The molecule has 7 heteroatoms. The third-order valence-electron chi connectivity index (χ3n) is 5.84. The zero-order chi connectivity index (χ0) is 20.6. The van der Waals surface area contributed by atoms with Gasteiger partial charge in [0.2, 0.25) is 5.91 Å². The highest BCUT2D eigenvalue weighted by Crippen LogP contribution is 2.23. The molecule has 0 saturated carbocycles. The summed E-state index contributed by atoms with van der Waals surface area (Å²) in [5.74, 6) is 0.793. The zero-order valence-corrected chi connectivity index (χ0v) is 17.7. The molecule has 1 aromatic rings. The summed E-state index contributed by atoms with van der Waals surface area (Å²) in [5.41, 5.74) is 2.33. The van der Waals surface area contributed by atoms with E-state index in [1.54, 1.807) is 6.20 Å². The first-order chi connectivity index (χ1) is 14.0. The lowest BCUT2D eigenvalue weighted by Gasteiger charge is -2.32. The predicted molar refractivity (Wildman–Crippen MR) is 111 cm³/mol. The van der Waals surface area contributed by atoms with Crippen LogP contribution in [-0.2, 0) is 22.6 Å². The second-order valence-electron chi connectivity index (χ2n) is 8.41. The van der Waals surface area contributed by atoms with E-state index in [1.807, 2.05) is 35.9 Å². The Kier molecular flexibility index (Phi) is 7.86. The van der Waals surface area contributed by atoms with E-state index in [2.05, 4.69) is 10.3 Å². The molecule has 1 fully saturated rings. The van der Waals surface area contributed by atoms with Crippen LogP contribution >= 0.6 is 0 Å². The lowest BCUT2D eigenvalue weighted by atomic mass is 9.91. The highest BCUT2D eigenvalue weighted by molar-refractivity contribution is 5.77. The number of pyridine rings is 1. The zero-order valence-electron chi connectivity index (χ0n) is 17.7. The maximum absolute atomic E-state index is 12.3. The van der Waals surface area contributed by atoms with E-state index >= 15 is 0 Å². The summed E-state index contributed by atoms with van der Waals surface area (Å²) in [4.78, 5) is 32.3. The average Bonchev–Trinajstić information content (AvgIpc) is 3.16. The van der Waals surface area contributed by atoms with Crippen LogP contribution in [0, 0.1) is 5.92 Å². The van der Waals surface area contributed by atoms with Crippen molar-refractivity contribution in [2.75, 3.05) is 26.2 Å². The lowest BCUT2D eigenvalue weighted by Crippen LogP contribution is -2.40. The molecular formula is C22H34N4O3. The van der Waals surface area contributed by atoms with Crippen molar-refractivity contribution in [2.45, 2.75) is 65.1 Å². The highest BCUT2D eigenvalue weighted by atomic mass is 16.5. The molecule has 3 rings (SSSR count). The SMILES string of the molecule is CC(C)OCC(=O)N1CCC(CCCCNC(=O)N2Cc3ccncc3C2)CC1. The molecule has 0 atom stereocenters. The molecule has 0 aromatic carbocycles. The first-order valence-corrected chi connectivity index (χ1v) is 10.9. The van der Waals surface area contributed by atoms with E-state index in [1.165, 1.54) is 12.0 Å². The molecule has 2 aliphatic heterocycles. The predicted octanol–water partition coefficient (Wildman–Crippen LogP) is 2.94. The lowest BCUT2D eigenvalue weighted by molar-refractivity contribution is -0.139. The Morgan fingerprint density at radius 3 is 2.66 bits per heavy atom. The van der Waals surface area contributed by atoms with Crippen LogP contribution in [0.25, 0.3) is 0 Å². The van der Waals surface area contributed by atoms with Crippen molar-refractivity contribution in [3.63, 3.8) is 0 Å². The molecule has 1 aromatic heterocycles. The standard InChI is InChI=1S/C22H34N4O3/c1-17(2)29-16-21(27)25-11-7-18(8-12-25)5-3-4-9-24-22(28)26-14-19-6-10-23-13-20(19)15-26/h6,10,13,17-18H,3-5,7-9,11-12,14-16H2,1-2H3,(H,24,28). The first kappa shape index (κ1) is 21.6. The molecule has 160 valence electrons. The number of urea groups is 1. The number of hydrogen-bond donors (Lipinski definition) is 1. The van der Waals surface area contributed by atoms with Gasteiger partial charge in [-0.1, -0.05) is 12.8 Å². The van der Waals surface area contributed by atoms with Gasteiger partial charge in [0.1, 0.15) is 6.61 Å². The summed E-state index contributed by atoms with van der Waals surface area (Å²) in [6.45, 7) is 7.80. The summed E-state index contributed by atoms with van der Waals surface area (Å²) in [6, 6.07) is 2.00. The number of likely N-dealkylation sites (tertiary alicyclic amines) is 1. The van der Waals surface area contributed by atoms with Crippen LogP contribution in [0.15, 0.2) is 18.5 Å². The van der Waals surface area contributed by atoms with Gasteiger partial charge in [-0.3, -0.25) is 9.78 Å². The quantitative estimate of drug-likeness (QED) is 0.679. The van der Waals surface area contributed by atoms with Crippen molar-refractivity contribution in [1.82, 2.24) is 20.1 Å². The fourth-order valence-electron chi connectivity index (χ4n) is 4.03. The number of nitrogens with zero attached hydrogens (tertiary/aromatic N) is 3. The average molecular weight is 403 g/mol. The van der Waals surface area contributed by atoms with Crippen molar-refractivity contribution < 1.29 is 14.3 Å². The molecule has 7 nitrogen and oxygen atoms in total. The Balaban J connectivity index is 1.24. The number of fused-ring (bicyclic) bond motifs is 1. The molecule has 3 heterocycles. The van der Waals surface area contributed by atoms with Gasteiger partial charge in [0.15, 0.2) is 0 Å². The van der Waals surface area contributed by atoms with Crippen LogP contribution in [0.5, 0.6) is 0 Å². The summed E-state index contributed by atoms with van der Waals surface area (Å²) >= 11 is 0. The molecule has 0 unspecified atom stereocenters. The third-order valence-corrected chi connectivity index (χ3v) is 5.84. The summed E-state index contributed by atoms with van der Waals surface area (Å²) in [5, 5.41) is 3.04. The Labute approximate surface area is 173 Å². The Morgan fingerprint density at radius 2 is 1.93 bits per heavy atom. The number of carbonyl (C=O) groups excluding carboxylic acids is 2. The van der Waals surface area contributed by atoms with Gasteiger partial charge < -0.3 is 19.9 Å². The molecule has 0 radical (unpaired) electrons. The minimum Gasteiger partial charge on any atom is -0.369 e. The first-order valence-electron chi connectivity index (χ1n) is 10.9. The fourth-order valence-corrected chi connectivity index (χ4v) is 4.03. The van der Waals surface area contributed by atoms with Gasteiger partial charge in [0.25, 0.3) is 0 Å². The molecule has 29 heavy (non-hydrogen) atoms. The fraction of sp³-hybridized carbons (Fsp3) is 0.682. The topological polar surface area (TPSA) is 74.8 Å². The van der Waals surface area contributed by atoms with Crippen LogP contribution in [-0.4, -0.2) is 59.1 Å². The maximum atomic E-state index is 12.3. The number of carbonyl (C=O) groups is 2. The van der Waals surface area contributed by atoms with E-state index in [4.69, 9.17) is 4.74 Å². The number of piperidine rings is 1. The summed E-state index contributed by atoms with van der Waals surface area (Å²) in [7, 11) is 0. The van der Waals surface area contributed by atoms with E-state index in [9.17, 15) is 9.59 Å². The molecule has 2 aliphatic rings. The van der Waals surface area contributed by atoms with Crippen molar-refractivity contribution in [2.24, 2.45) is 5.92 Å². The molecule has 1 saturated heterocycles. The molecule has 0 spiro atoms. The Hall–Kier alpha value is -2.15. The number of rotatable bonds is 8. The van der Waals surface area contributed by atoms with Gasteiger partial charge in [0.05, 0.1) is 6.10 Å². The normalized spacial score (nSPS) is 16.9. The molecular weight excluding hydrogens is 368 g/mol. The van der Waals surface area contributed by atoms with E-state index in [0.717, 1.165) is 44.3 Å². The maximum Gasteiger partial charge on any atom is 0.318 e. The van der Waals surface area contributed by atoms with Gasteiger partial charge >= 0.3 is 6.03 Å². The van der Waals surface area contributed by atoms with E-state index in [0.29, 0.717) is 25.6 Å². The third kappa shape index (κ3) is 6.42. The number of hydrogen-bond acceptors (Lipinski definition) is 4. The Morgan fingerprint density at radius 1 is 1.17 bits per heavy atom. The monoisotopic (exact) mass is 402 g/mol. The van der Waals surface area contributed by atoms with E-state index in [-0.39, 0.29) is 24.6 Å². The minimum atomic E-state index is 0.0108. The molecule has 1 N–H and O–H groups in total. The highest BCUT2D eigenvalue weighted by Gasteiger charge is 2.24. The van der Waals surface area contributed by atoms with Crippen molar-refractivity contribution >= 4 is 11.9 Å². The Bertz CT molecular complexity index is 661. The van der Waals surface area contributed by atoms with Gasteiger partial charge in [-0.15, -0.1) is 0 Å². The molecule has 0 bridgehead atoms. The van der Waals surface area contributed by atoms with Crippen molar-refractivity contribution in [3.8, 4) is 0 Å². The number of aromatic nitrogens is 1. The largest absolute Gasteiger partial charge is 0.369 e. The van der Waals surface area contributed by atoms with Gasteiger partial charge in [0, 0.05) is 45.1 Å². The van der Waals surface area contributed by atoms with Crippen LogP contribution in [0.3, 0.4) is 0 Å². The summed E-state index contributed by atoms with van der Waals surface area (Å²) in [6.07, 6.45) is 9.13. The van der Waals surface area contributed by atoms with Crippen LogP contribution in [0.1, 0.15) is 57.1 Å². The number of ether oxygens (including phenoxy) is 1. The van der Waals surface area contributed by atoms with Crippen LogP contribution in [0.2, 0.25) is 0 Å². The van der Waals surface area contributed by atoms with Crippen molar-refractivity contribution in [1.29, 1.82) is 0 Å². The van der Waals surface area contributed by atoms with E-state index < -0.39 is 0 Å². The number of unbranched alkanes of at least 4 members (excludes halogenated alkanes) is 1. The van der Waals surface area contributed by atoms with Crippen LogP contribution in [0.4, 0.5) is 4.79 Å². The number of amides is 3. The number of nitrogens with one attached hydrogen (secondary N) is 1. The van der Waals surface area contributed by atoms with Gasteiger partial charge in [-0.25, -0.2) is 4.79 Å². The van der Waals surface area contributed by atoms with Crippen LogP contribution < -0.4 is 5.32 Å². The molecule has 3 amide bonds. The smallest absolute Gasteiger partial charge is 0.318 e. The van der Waals surface area contributed by atoms with Gasteiger partial charge in [-0.05, 0) is 56.2 Å².